The molecule has 1 saturated heterocycles. The minimum Gasteiger partial charge on any atom is -0.347 e. The van der Waals surface area contributed by atoms with Crippen LogP contribution in [0.15, 0.2) is 30.6 Å². The number of anilines is 1. The molecule has 1 aromatic carbocycles. The maximum Gasteiger partial charge on any atom is 0.322 e. The molecule has 124 valence electrons. The molecule has 0 saturated carbocycles. The molecule has 2 amide bonds. The Morgan fingerprint density at radius 2 is 2.33 bits per heavy atom. The van der Waals surface area contributed by atoms with Gasteiger partial charge in [-0.05, 0) is 44.4 Å². The van der Waals surface area contributed by atoms with Gasteiger partial charge in [-0.1, -0.05) is 0 Å². The minimum atomic E-state index is -0.0725. The van der Waals surface area contributed by atoms with Crippen LogP contribution in [0.2, 0.25) is 0 Å². The summed E-state index contributed by atoms with van der Waals surface area (Å²) in [7, 11) is 0. The Bertz CT molecular complexity index is 857. The smallest absolute Gasteiger partial charge is 0.322 e. The van der Waals surface area contributed by atoms with Gasteiger partial charge in [0.25, 0.3) is 0 Å². The number of thiazole rings is 1. The number of hydrogen-bond acceptors (Lipinski definition) is 4. The number of imidazole rings is 1. The van der Waals surface area contributed by atoms with Gasteiger partial charge >= 0.3 is 6.03 Å². The molecule has 0 bridgehead atoms. The van der Waals surface area contributed by atoms with Gasteiger partial charge in [0.15, 0.2) is 0 Å². The Labute approximate surface area is 143 Å². The molecule has 1 aliphatic rings. The predicted octanol–water partition coefficient (Wildman–Crippen LogP) is 4.09. The third-order valence-corrected chi connectivity index (χ3v) is 5.28. The summed E-state index contributed by atoms with van der Waals surface area (Å²) in [4.78, 5) is 26.6. The number of carbonyl (C=O) groups excluding carboxylic acids is 1. The largest absolute Gasteiger partial charge is 0.347 e. The maximum atomic E-state index is 12.8. The van der Waals surface area contributed by atoms with Crippen molar-refractivity contribution >= 4 is 33.3 Å². The Balaban J connectivity index is 1.54. The number of H-pyrrole nitrogens is 1. The number of nitrogens with one attached hydrogen (secondary N) is 2. The zero-order valence-electron chi connectivity index (χ0n) is 13.5. The summed E-state index contributed by atoms with van der Waals surface area (Å²) in [5, 5.41) is 4.06. The number of piperidine rings is 1. The van der Waals surface area contributed by atoms with E-state index in [0.29, 0.717) is 0 Å². The average molecular weight is 341 g/mol. The molecular weight excluding hydrogens is 322 g/mol. The summed E-state index contributed by atoms with van der Waals surface area (Å²) >= 11 is 1.64. The number of aromatic amines is 1. The zero-order chi connectivity index (χ0) is 16.5. The highest BCUT2D eigenvalue weighted by Gasteiger charge is 2.29. The fraction of sp³-hybridized carbons (Fsp3) is 0.353. The minimum absolute atomic E-state index is 0.0168. The van der Waals surface area contributed by atoms with Gasteiger partial charge < -0.3 is 15.2 Å². The Morgan fingerprint density at radius 3 is 3.17 bits per heavy atom. The van der Waals surface area contributed by atoms with E-state index < -0.39 is 0 Å². The van der Waals surface area contributed by atoms with E-state index >= 15 is 0 Å². The van der Waals surface area contributed by atoms with Gasteiger partial charge in [-0.15, -0.1) is 11.3 Å². The number of nitrogens with zero attached hydrogens (tertiary/aromatic N) is 3. The van der Waals surface area contributed by atoms with E-state index in [1.165, 1.54) is 0 Å². The van der Waals surface area contributed by atoms with Gasteiger partial charge in [0, 0.05) is 24.6 Å². The van der Waals surface area contributed by atoms with Gasteiger partial charge in [0.05, 0.1) is 21.3 Å². The second kappa shape index (κ2) is 6.24. The van der Waals surface area contributed by atoms with Crippen LogP contribution in [0.5, 0.6) is 0 Å². The Kier molecular flexibility index (Phi) is 3.93. The molecule has 24 heavy (non-hydrogen) atoms. The van der Waals surface area contributed by atoms with Crippen LogP contribution in [0.4, 0.5) is 10.5 Å². The van der Waals surface area contributed by atoms with Crippen LogP contribution in [0.25, 0.3) is 10.2 Å². The van der Waals surface area contributed by atoms with E-state index in [1.54, 1.807) is 23.7 Å². The molecule has 0 unspecified atom stereocenters. The standard InChI is InChI=1S/C17H19N5OS/c1-11-20-13-6-5-12(10-15(13)24-11)21-17(23)22-9-3-2-4-14(22)16-18-7-8-19-16/h5-8,10,14H,2-4,9H2,1H3,(H,18,19)(H,21,23)/t14-/m0/s1. The number of carbonyl (C=O) groups is 1. The van der Waals surface area contributed by atoms with E-state index in [1.807, 2.05) is 30.0 Å². The molecule has 2 aromatic heterocycles. The highest BCUT2D eigenvalue weighted by Crippen LogP contribution is 2.30. The Hall–Kier alpha value is -2.41. The molecule has 0 radical (unpaired) electrons. The third kappa shape index (κ3) is 2.87. The monoisotopic (exact) mass is 341 g/mol. The normalized spacial score (nSPS) is 18.0. The fourth-order valence-corrected chi connectivity index (χ4v) is 4.10. The molecule has 4 rings (SSSR count). The molecule has 7 heteroatoms. The van der Waals surface area contributed by atoms with E-state index in [2.05, 4.69) is 20.3 Å². The topological polar surface area (TPSA) is 73.9 Å². The molecule has 1 atom stereocenters. The highest BCUT2D eigenvalue weighted by molar-refractivity contribution is 7.18. The van der Waals surface area contributed by atoms with Crippen molar-refractivity contribution in [1.29, 1.82) is 0 Å². The molecule has 0 aliphatic carbocycles. The first kappa shape index (κ1) is 15.1. The molecule has 2 N–H and O–H groups in total. The molecule has 1 aliphatic heterocycles. The molecule has 6 nitrogen and oxygen atoms in total. The highest BCUT2D eigenvalue weighted by atomic mass is 32.1. The third-order valence-electron chi connectivity index (χ3n) is 4.35. The summed E-state index contributed by atoms with van der Waals surface area (Å²) < 4.78 is 1.09. The number of rotatable bonds is 2. The summed E-state index contributed by atoms with van der Waals surface area (Å²) in [6.07, 6.45) is 6.62. The first-order chi connectivity index (χ1) is 11.7. The fourth-order valence-electron chi connectivity index (χ4n) is 3.23. The number of likely N-dealkylation sites (tertiary alicyclic amines) is 1. The first-order valence-electron chi connectivity index (χ1n) is 8.15. The SMILES string of the molecule is Cc1nc2ccc(NC(=O)N3CCCC[C@H]3c3ncc[nH]3)cc2s1. The zero-order valence-corrected chi connectivity index (χ0v) is 14.3. The lowest BCUT2D eigenvalue weighted by atomic mass is 10.0. The summed E-state index contributed by atoms with van der Waals surface area (Å²) in [6, 6.07) is 5.80. The van der Waals surface area contributed by atoms with Crippen LogP contribution in [-0.2, 0) is 0 Å². The first-order valence-corrected chi connectivity index (χ1v) is 8.96. The van der Waals surface area contributed by atoms with E-state index in [-0.39, 0.29) is 12.1 Å². The molecular formula is C17H19N5OS. The van der Waals surface area contributed by atoms with Crippen molar-refractivity contribution in [1.82, 2.24) is 19.9 Å². The van der Waals surface area contributed by atoms with Crippen molar-refractivity contribution in [3.05, 3.63) is 41.4 Å². The number of amides is 2. The number of aromatic nitrogens is 3. The van der Waals surface area contributed by atoms with Crippen molar-refractivity contribution in [3.8, 4) is 0 Å². The maximum absolute atomic E-state index is 12.8. The molecule has 1 fully saturated rings. The predicted molar refractivity (Wildman–Crippen MR) is 95.3 cm³/mol. The van der Waals surface area contributed by atoms with Gasteiger partial charge in [-0.25, -0.2) is 14.8 Å². The lowest BCUT2D eigenvalue weighted by Gasteiger charge is -2.34. The molecule has 3 aromatic rings. The molecule has 3 heterocycles. The van der Waals surface area contributed by atoms with Gasteiger partial charge in [-0.2, -0.15) is 0 Å². The van der Waals surface area contributed by atoms with Gasteiger partial charge in [0.1, 0.15) is 5.82 Å². The average Bonchev–Trinajstić information content (AvgIpc) is 3.23. The van der Waals surface area contributed by atoms with Crippen LogP contribution in [0, 0.1) is 6.92 Å². The number of benzene rings is 1. The van der Waals surface area contributed by atoms with Gasteiger partial charge in [0.2, 0.25) is 0 Å². The number of aryl methyl sites for hydroxylation is 1. The van der Waals surface area contributed by atoms with Crippen LogP contribution >= 0.6 is 11.3 Å². The van der Waals surface area contributed by atoms with Crippen LogP contribution in [0.1, 0.15) is 36.1 Å². The summed E-state index contributed by atoms with van der Waals surface area (Å²) in [5.74, 6) is 0.860. The van der Waals surface area contributed by atoms with Gasteiger partial charge in [-0.3, -0.25) is 0 Å². The second-order valence-electron chi connectivity index (χ2n) is 6.02. The van der Waals surface area contributed by atoms with Crippen molar-refractivity contribution in [2.75, 3.05) is 11.9 Å². The Morgan fingerprint density at radius 1 is 1.42 bits per heavy atom. The van der Waals surface area contributed by atoms with Crippen molar-refractivity contribution in [3.63, 3.8) is 0 Å². The van der Waals surface area contributed by atoms with Crippen molar-refractivity contribution < 1.29 is 4.79 Å². The number of fused-ring (bicyclic) bond motifs is 1. The van der Waals surface area contributed by atoms with Crippen LogP contribution in [0.3, 0.4) is 0 Å². The number of hydrogen-bond donors (Lipinski definition) is 2. The number of urea groups is 1. The van der Waals surface area contributed by atoms with E-state index in [0.717, 1.165) is 52.5 Å². The molecule has 0 spiro atoms. The van der Waals surface area contributed by atoms with Crippen LogP contribution < -0.4 is 5.32 Å². The summed E-state index contributed by atoms with van der Waals surface area (Å²) in [5.41, 5.74) is 1.78. The lowest BCUT2D eigenvalue weighted by molar-refractivity contribution is 0.160. The van der Waals surface area contributed by atoms with Crippen molar-refractivity contribution in [2.45, 2.75) is 32.2 Å². The van der Waals surface area contributed by atoms with Crippen molar-refractivity contribution in [2.24, 2.45) is 0 Å². The quantitative estimate of drug-likeness (QED) is 0.737. The lowest BCUT2D eigenvalue weighted by Crippen LogP contribution is -2.41. The van der Waals surface area contributed by atoms with Crippen LogP contribution in [-0.4, -0.2) is 32.4 Å². The van der Waals surface area contributed by atoms with E-state index in [4.69, 9.17) is 0 Å². The summed E-state index contributed by atoms with van der Waals surface area (Å²) in [6.45, 7) is 2.74. The van der Waals surface area contributed by atoms with E-state index in [9.17, 15) is 4.79 Å². The second-order valence-corrected chi connectivity index (χ2v) is 7.26.